The Hall–Kier alpha value is -2.24. The predicted octanol–water partition coefficient (Wildman–Crippen LogP) is 2.29. The van der Waals surface area contributed by atoms with Crippen LogP contribution in [0.1, 0.15) is 44.1 Å². The lowest BCUT2D eigenvalue weighted by molar-refractivity contribution is -0.148. The van der Waals surface area contributed by atoms with Crippen LogP contribution in [-0.2, 0) is 16.0 Å². The molecule has 6 nitrogen and oxygen atoms in total. The average Bonchev–Trinajstić information content (AvgIpc) is 2.81. The van der Waals surface area contributed by atoms with Crippen molar-refractivity contribution in [1.82, 2.24) is 5.32 Å². The Kier molecular flexibility index (Phi) is 4.92. The number of carboxylic acid groups (broad SMARTS) is 1. The van der Waals surface area contributed by atoms with Gasteiger partial charge in [-0.2, -0.15) is 0 Å². The average molecular weight is 333 g/mol. The molecule has 1 aromatic carbocycles. The minimum absolute atomic E-state index is 0.131. The van der Waals surface area contributed by atoms with E-state index in [4.69, 9.17) is 9.47 Å². The van der Waals surface area contributed by atoms with Crippen molar-refractivity contribution in [1.29, 1.82) is 0 Å². The summed E-state index contributed by atoms with van der Waals surface area (Å²) in [5, 5.41) is 12.4. The molecule has 130 valence electrons. The second-order valence-electron chi connectivity index (χ2n) is 6.50. The molecule has 1 aromatic rings. The number of benzene rings is 1. The van der Waals surface area contributed by atoms with E-state index in [0.717, 1.165) is 31.2 Å². The molecule has 24 heavy (non-hydrogen) atoms. The highest BCUT2D eigenvalue weighted by Gasteiger charge is 2.39. The van der Waals surface area contributed by atoms with Gasteiger partial charge in [-0.25, -0.2) is 4.79 Å². The molecule has 0 radical (unpaired) electrons. The van der Waals surface area contributed by atoms with E-state index in [1.807, 2.05) is 6.07 Å². The molecule has 1 saturated carbocycles. The zero-order chi connectivity index (χ0) is 17.0. The van der Waals surface area contributed by atoms with Gasteiger partial charge in [0.15, 0.2) is 11.5 Å². The van der Waals surface area contributed by atoms with E-state index in [1.54, 1.807) is 12.1 Å². The summed E-state index contributed by atoms with van der Waals surface area (Å²) in [5.74, 6) is 0.112. The summed E-state index contributed by atoms with van der Waals surface area (Å²) in [5.41, 5.74) is -0.340. The highest BCUT2D eigenvalue weighted by molar-refractivity contribution is 5.88. The molecule has 0 atom stereocenters. The predicted molar refractivity (Wildman–Crippen MR) is 87.3 cm³/mol. The van der Waals surface area contributed by atoms with E-state index in [9.17, 15) is 14.7 Å². The quantitative estimate of drug-likeness (QED) is 0.826. The number of rotatable bonds is 4. The van der Waals surface area contributed by atoms with Crippen molar-refractivity contribution in [3.8, 4) is 11.5 Å². The summed E-state index contributed by atoms with van der Waals surface area (Å²) < 4.78 is 11.0. The normalized spacial score (nSPS) is 19.2. The van der Waals surface area contributed by atoms with E-state index in [0.29, 0.717) is 37.6 Å². The van der Waals surface area contributed by atoms with Crippen molar-refractivity contribution in [3.63, 3.8) is 0 Å². The summed E-state index contributed by atoms with van der Waals surface area (Å²) in [4.78, 5) is 24.2. The molecule has 3 rings (SSSR count). The topological polar surface area (TPSA) is 84.9 Å². The molecular formula is C18H23NO5. The fourth-order valence-electron chi connectivity index (χ4n) is 3.42. The fraction of sp³-hybridized carbons (Fsp3) is 0.556. The number of amides is 1. The first kappa shape index (κ1) is 16.6. The lowest BCUT2D eigenvalue weighted by atomic mass is 9.90. The first-order valence-corrected chi connectivity index (χ1v) is 8.52. The molecular weight excluding hydrogens is 310 g/mol. The second kappa shape index (κ2) is 7.11. The van der Waals surface area contributed by atoms with Crippen molar-refractivity contribution >= 4 is 11.9 Å². The molecule has 0 saturated heterocycles. The number of carbonyl (C=O) groups is 2. The van der Waals surface area contributed by atoms with Crippen molar-refractivity contribution in [2.45, 2.75) is 50.5 Å². The van der Waals surface area contributed by atoms with Crippen LogP contribution in [0.25, 0.3) is 0 Å². The van der Waals surface area contributed by atoms with E-state index in [-0.39, 0.29) is 12.3 Å². The maximum atomic E-state index is 12.4. The smallest absolute Gasteiger partial charge is 0.329 e. The minimum atomic E-state index is -1.12. The molecule has 1 fully saturated rings. The molecule has 0 aromatic heterocycles. The lowest BCUT2D eigenvalue weighted by Crippen LogP contribution is -2.54. The van der Waals surface area contributed by atoms with Crippen LogP contribution in [0, 0.1) is 0 Å². The van der Waals surface area contributed by atoms with Gasteiger partial charge < -0.3 is 19.9 Å². The third-order valence-corrected chi connectivity index (χ3v) is 4.72. The highest BCUT2D eigenvalue weighted by Crippen LogP contribution is 2.31. The van der Waals surface area contributed by atoms with E-state index < -0.39 is 11.5 Å². The van der Waals surface area contributed by atoms with Crippen molar-refractivity contribution in [2.75, 3.05) is 13.2 Å². The van der Waals surface area contributed by atoms with Crippen LogP contribution >= 0.6 is 0 Å². The maximum absolute atomic E-state index is 12.4. The minimum Gasteiger partial charge on any atom is -0.486 e. The van der Waals surface area contributed by atoms with E-state index in [1.165, 1.54) is 0 Å². The number of fused-ring (bicyclic) bond motifs is 1. The van der Waals surface area contributed by atoms with Crippen molar-refractivity contribution in [2.24, 2.45) is 0 Å². The zero-order valence-corrected chi connectivity index (χ0v) is 13.7. The highest BCUT2D eigenvalue weighted by atomic mass is 16.6. The van der Waals surface area contributed by atoms with Crippen LogP contribution in [0.3, 0.4) is 0 Å². The second-order valence-corrected chi connectivity index (χ2v) is 6.50. The van der Waals surface area contributed by atoms with Crippen molar-refractivity contribution in [3.05, 3.63) is 23.8 Å². The van der Waals surface area contributed by atoms with Gasteiger partial charge in [-0.05, 0) is 30.5 Å². The first-order chi connectivity index (χ1) is 11.6. The van der Waals surface area contributed by atoms with Crippen LogP contribution < -0.4 is 14.8 Å². The monoisotopic (exact) mass is 333 g/mol. The summed E-state index contributed by atoms with van der Waals surface area (Å²) >= 11 is 0. The summed E-state index contributed by atoms with van der Waals surface area (Å²) in [6.07, 6.45) is 4.82. The molecule has 1 heterocycles. The van der Waals surface area contributed by atoms with Gasteiger partial charge in [-0.3, -0.25) is 4.79 Å². The third-order valence-electron chi connectivity index (χ3n) is 4.72. The number of hydrogen-bond donors (Lipinski definition) is 2. The molecule has 1 amide bonds. The first-order valence-electron chi connectivity index (χ1n) is 8.52. The van der Waals surface area contributed by atoms with Crippen LogP contribution in [0.15, 0.2) is 18.2 Å². The molecule has 2 N–H and O–H groups in total. The lowest BCUT2D eigenvalue weighted by Gasteiger charge is -2.29. The third kappa shape index (κ3) is 3.63. The SMILES string of the molecule is O=C(Cc1ccc2c(c1)OCCO2)NC1(C(=O)O)CCCCCC1. The van der Waals surface area contributed by atoms with E-state index >= 15 is 0 Å². The van der Waals surface area contributed by atoms with Gasteiger partial charge in [0.05, 0.1) is 6.42 Å². The van der Waals surface area contributed by atoms with Gasteiger partial charge >= 0.3 is 5.97 Å². The molecule has 2 aliphatic rings. The Morgan fingerprint density at radius 3 is 2.38 bits per heavy atom. The molecule has 1 aliphatic heterocycles. The Morgan fingerprint density at radius 1 is 1.04 bits per heavy atom. The number of aliphatic carboxylic acids is 1. The van der Waals surface area contributed by atoms with Crippen LogP contribution in [0.2, 0.25) is 0 Å². The van der Waals surface area contributed by atoms with Crippen LogP contribution in [0.5, 0.6) is 11.5 Å². The van der Waals surface area contributed by atoms with E-state index in [2.05, 4.69) is 5.32 Å². The van der Waals surface area contributed by atoms with Gasteiger partial charge in [0, 0.05) is 0 Å². The van der Waals surface area contributed by atoms with Gasteiger partial charge in [0.1, 0.15) is 18.8 Å². The Bertz CT molecular complexity index is 620. The number of carboxylic acids is 1. The van der Waals surface area contributed by atoms with Gasteiger partial charge in [-0.1, -0.05) is 31.7 Å². The largest absolute Gasteiger partial charge is 0.486 e. The molecule has 0 bridgehead atoms. The number of ether oxygens (including phenoxy) is 2. The Labute approximate surface area is 141 Å². The Balaban J connectivity index is 1.68. The molecule has 1 aliphatic carbocycles. The van der Waals surface area contributed by atoms with Crippen molar-refractivity contribution < 1.29 is 24.2 Å². The van der Waals surface area contributed by atoms with Gasteiger partial charge in [-0.15, -0.1) is 0 Å². The zero-order valence-electron chi connectivity index (χ0n) is 13.7. The fourth-order valence-corrected chi connectivity index (χ4v) is 3.42. The maximum Gasteiger partial charge on any atom is 0.329 e. The molecule has 6 heteroatoms. The van der Waals surface area contributed by atoms with Crippen LogP contribution in [0.4, 0.5) is 0 Å². The van der Waals surface area contributed by atoms with Gasteiger partial charge in [0.25, 0.3) is 0 Å². The Morgan fingerprint density at radius 2 is 1.71 bits per heavy atom. The summed E-state index contributed by atoms with van der Waals surface area (Å²) in [6.45, 7) is 1.01. The summed E-state index contributed by atoms with van der Waals surface area (Å²) in [7, 11) is 0. The molecule has 0 unspecified atom stereocenters. The van der Waals surface area contributed by atoms with Gasteiger partial charge in [0.2, 0.25) is 5.91 Å². The number of nitrogens with one attached hydrogen (secondary N) is 1. The summed E-state index contributed by atoms with van der Waals surface area (Å²) in [6, 6.07) is 5.39. The molecule has 0 spiro atoms. The number of carbonyl (C=O) groups excluding carboxylic acids is 1. The van der Waals surface area contributed by atoms with Crippen LogP contribution in [-0.4, -0.2) is 35.7 Å². The number of hydrogen-bond acceptors (Lipinski definition) is 4. The standard InChI is InChI=1S/C18H23NO5/c20-16(19-18(17(21)22)7-3-1-2-4-8-18)12-13-5-6-14-15(11-13)24-10-9-23-14/h5-6,11H,1-4,7-10,12H2,(H,19,20)(H,21,22).